The van der Waals surface area contributed by atoms with Gasteiger partial charge in [0.1, 0.15) is 16.9 Å². The Labute approximate surface area is 109 Å². The van der Waals surface area contributed by atoms with Crippen molar-refractivity contribution in [2.24, 2.45) is 0 Å². The van der Waals surface area contributed by atoms with Crippen LogP contribution < -0.4 is 0 Å². The number of nitrogens with zero attached hydrogens (tertiary/aromatic N) is 1. The summed E-state index contributed by atoms with van der Waals surface area (Å²) >= 11 is 16.8. The molecule has 0 saturated heterocycles. The molecule has 90 valence electrons. The van der Waals surface area contributed by atoms with Crippen LogP contribution in [0.1, 0.15) is 16.2 Å². The number of benzene rings is 1. The molecule has 1 heterocycles. The van der Waals surface area contributed by atoms with E-state index in [1.54, 1.807) is 0 Å². The van der Waals surface area contributed by atoms with Gasteiger partial charge in [-0.3, -0.25) is 0 Å². The van der Waals surface area contributed by atoms with Crippen LogP contribution in [0.5, 0.6) is 0 Å². The van der Waals surface area contributed by atoms with Crippen LogP contribution in [0.4, 0.5) is 4.39 Å². The summed E-state index contributed by atoms with van der Waals surface area (Å²) in [4.78, 5) is 17.3. The molecule has 1 aromatic heterocycles. The molecule has 0 unspecified atom stereocenters. The average Bonchev–Trinajstić information content (AvgIpc) is 2.59. The molecule has 1 aromatic carbocycles. The van der Waals surface area contributed by atoms with E-state index in [1.165, 1.54) is 6.07 Å². The number of imidazole rings is 1. The fraction of sp³-hybridized carbons (Fsp3) is 0.111. The number of aromatic nitrogens is 2. The SMILES string of the molecule is O=C(O)c1c(F)ccc2[nH]c(C(Cl)(Cl)Cl)nc12. The summed E-state index contributed by atoms with van der Waals surface area (Å²) in [6, 6.07) is 2.33. The van der Waals surface area contributed by atoms with Gasteiger partial charge in [-0.05, 0) is 12.1 Å². The first kappa shape index (κ1) is 12.4. The predicted octanol–water partition coefficient (Wildman–Crippen LogP) is 3.23. The van der Waals surface area contributed by atoms with Crippen molar-refractivity contribution < 1.29 is 14.3 Å². The van der Waals surface area contributed by atoms with Gasteiger partial charge in [0.15, 0.2) is 5.82 Å². The van der Waals surface area contributed by atoms with Crippen LogP contribution in [-0.4, -0.2) is 21.0 Å². The van der Waals surface area contributed by atoms with Gasteiger partial charge in [-0.25, -0.2) is 14.2 Å². The van der Waals surface area contributed by atoms with Crippen LogP contribution >= 0.6 is 34.8 Å². The maximum Gasteiger partial charge on any atom is 0.340 e. The number of alkyl halides is 3. The molecule has 8 heteroatoms. The number of fused-ring (bicyclic) bond motifs is 1. The Bertz CT molecular complexity index is 606. The third-order valence-electron chi connectivity index (χ3n) is 2.09. The number of carbonyl (C=O) groups is 1. The van der Waals surface area contributed by atoms with E-state index in [4.69, 9.17) is 39.9 Å². The standard InChI is InChI=1S/C9H4Cl3FN2O2/c10-9(11,12)8-14-4-2-1-3(13)5(7(16)17)6(4)15-8/h1-2H,(H,14,15)(H,16,17). The first-order valence-electron chi connectivity index (χ1n) is 4.29. The van der Waals surface area contributed by atoms with E-state index in [0.717, 1.165) is 6.07 Å². The molecule has 2 rings (SSSR count). The summed E-state index contributed by atoms with van der Waals surface area (Å²) in [5, 5.41) is 8.88. The number of aromatic carboxylic acids is 1. The Morgan fingerprint density at radius 3 is 2.59 bits per heavy atom. The largest absolute Gasteiger partial charge is 0.478 e. The zero-order valence-electron chi connectivity index (χ0n) is 7.97. The first-order chi connectivity index (χ1) is 7.80. The summed E-state index contributed by atoms with van der Waals surface area (Å²) < 4.78 is 11.5. The molecule has 0 fully saturated rings. The van der Waals surface area contributed by atoms with E-state index in [9.17, 15) is 9.18 Å². The lowest BCUT2D eigenvalue weighted by Crippen LogP contribution is -2.03. The number of carboxylic acid groups (broad SMARTS) is 1. The summed E-state index contributed by atoms with van der Waals surface area (Å²) in [5.41, 5.74) is -0.358. The number of H-pyrrole nitrogens is 1. The average molecular weight is 298 g/mol. The molecule has 2 aromatic rings. The second-order valence-electron chi connectivity index (χ2n) is 3.21. The van der Waals surface area contributed by atoms with Gasteiger partial charge >= 0.3 is 5.97 Å². The van der Waals surface area contributed by atoms with E-state index in [1.807, 2.05) is 0 Å². The molecule has 0 bridgehead atoms. The molecule has 2 N–H and O–H groups in total. The molecular formula is C9H4Cl3FN2O2. The quantitative estimate of drug-likeness (QED) is 0.794. The van der Waals surface area contributed by atoms with Crippen molar-refractivity contribution >= 4 is 51.8 Å². The molecule has 0 saturated carbocycles. The van der Waals surface area contributed by atoms with Gasteiger partial charge in [-0.15, -0.1) is 0 Å². The van der Waals surface area contributed by atoms with E-state index in [2.05, 4.69) is 9.97 Å². The first-order valence-corrected chi connectivity index (χ1v) is 5.43. The van der Waals surface area contributed by atoms with Gasteiger partial charge in [-0.1, -0.05) is 34.8 Å². The normalized spacial score (nSPS) is 12.0. The van der Waals surface area contributed by atoms with Gasteiger partial charge in [-0.2, -0.15) is 0 Å². The van der Waals surface area contributed by atoms with Crippen LogP contribution in [0, 0.1) is 5.82 Å². The number of carboxylic acids is 1. The van der Waals surface area contributed by atoms with Crippen molar-refractivity contribution in [2.45, 2.75) is 3.79 Å². The number of hydrogen-bond acceptors (Lipinski definition) is 2. The molecule has 0 atom stereocenters. The van der Waals surface area contributed by atoms with Crippen LogP contribution in [0.25, 0.3) is 11.0 Å². The Morgan fingerprint density at radius 2 is 2.06 bits per heavy atom. The maximum atomic E-state index is 13.3. The van der Waals surface area contributed by atoms with Crippen molar-refractivity contribution in [1.29, 1.82) is 0 Å². The highest BCUT2D eigenvalue weighted by atomic mass is 35.6. The molecule has 4 nitrogen and oxygen atoms in total. The third-order valence-corrected chi connectivity index (χ3v) is 2.62. The zero-order valence-corrected chi connectivity index (χ0v) is 10.2. The van der Waals surface area contributed by atoms with Gasteiger partial charge < -0.3 is 10.1 Å². The summed E-state index contributed by atoms with van der Waals surface area (Å²) in [5.74, 6) is -2.39. The molecular weight excluding hydrogens is 293 g/mol. The topological polar surface area (TPSA) is 66.0 Å². The Morgan fingerprint density at radius 1 is 1.41 bits per heavy atom. The molecule has 0 radical (unpaired) electrons. The lowest BCUT2D eigenvalue weighted by atomic mass is 10.2. The third kappa shape index (κ3) is 2.18. The molecule has 0 spiro atoms. The van der Waals surface area contributed by atoms with E-state index >= 15 is 0 Å². The van der Waals surface area contributed by atoms with Crippen molar-refractivity contribution in [3.8, 4) is 0 Å². The summed E-state index contributed by atoms with van der Waals surface area (Å²) in [6.45, 7) is 0. The highest BCUT2D eigenvalue weighted by Gasteiger charge is 2.28. The van der Waals surface area contributed by atoms with E-state index < -0.39 is 21.1 Å². The lowest BCUT2D eigenvalue weighted by molar-refractivity contribution is 0.0694. The molecule has 17 heavy (non-hydrogen) atoms. The molecule has 0 aliphatic rings. The number of nitrogens with one attached hydrogen (secondary N) is 1. The smallest absolute Gasteiger partial charge is 0.340 e. The number of hydrogen-bond donors (Lipinski definition) is 2. The molecule has 0 aliphatic carbocycles. The Balaban J connectivity index is 2.78. The van der Waals surface area contributed by atoms with Crippen molar-refractivity contribution in [3.63, 3.8) is 0 Å². The van der Waals surface area contributed by atoms with E-state index in [0.29, 0.717) is 0 Å². The summed E-state index contributed by atoms with van der Waals surface area (Å²) in [7, 11) is 0. The second-order valence-corrected chi connectivity index (χ2v) is 5.49. The fourth-order valence-electron chi connectivity index (χ4n) is 1.39. The van der Waals surface area contributed by atoms with Gasteiger partial charge in [0.05, 0.1) is 5.52 Å². The minimum absolute atomic E-state index is 0.0643. The minimum atomic E-state index is -1.83. The van der Waals surface area contributed by atoms with Crippen LogP contribution in [0.3, 0.4) is 0 Å². The summed E-state index contributed by atoms with van der Waals surface area (Å²) in [6.07, 6.45) is 0. The number of aromatic amines is 1. The van der Waals surface area contributed by atoms with Gasteiger partial charge in [0, 0.05) is 0 Å². The van der Waals surface area contributed by atoms with Crippen molar-refractivity contribution in [3.05, 3.63) is 29.3 Å². The van der Waals surface area contributed by atoms with Crippen LogP contribution in [-0.2, 0) is 3.79 Å². The fourth-order valence-corrected chi connectivity index (χ4v) is 1.66. The Hall–Kier alpha value is -1.04. The number of rotatable bonds is 1. The number of halogens is 4. The highest BCUT2D eigenvalue weighted by molar-refractivity contribution is 6.66. The van der Waals surface area contributed by atoms with Crippen LogP contribution in [0.2, 0.25) is 0 Å². The monoisotopic (exact) mass is 296 g/mol. The van der Waals surface area contributed by atoms with Crippen LogP contribution in [0.15, 0.2) is 12.1 Å². The zero-order chi connectivity index (χ0) is 12.8. The van der Waals surface area contributed by atoms with E-state index in [-0.39, 0.29) is 16.9 Å². The maximum absolute atomic E-state index is 13.3. The van der Waals surface area contributed by atoms with Crippen molar-refractivity contribution in [2.75, 3.05) is 0 Å². The van der Waals surface area contributed by atoms with Gasteiger partial charge in [0.25, 0.3) is 0 Å². The molecule has 0 amide bonds. The minimum Gasteiger partial charge on any atom is -0.478 e. The Kier molecular flexibility index (Phi) is 2.93. The second kappa shape index (κ2) is 4.01. The van der Waals surface area contributed by atoms with Crippen molar-refractivity contribution in [1.82, 2.24) is 9.97 Å². The van der Waals surface area contributed by atoms with Gasteiger partial charge in [0.2, 0.25) is 3.79 Å². The highest BCUT2D eigenvalue weighted by Crippen LogP contribution is 2.37. The lowest BCUT2D eigenvalue weighted by Gasteiger charge is -2.04. The predicted molar refractivity (Wildman–Crippen MR) is 62.2 cm³/mol. The molecule has 0 aliphatic heterocycles.